The monoisotopic (exact) mass is 574 g/mol. The predicted octanol–water partition coefficient (Wildman–Crippen LogP) is 0.130. The van der Waals surface area contributed by atoms with Crippen LogP contribution >= 0.6 is 11.8 Å². The predicted molar refractivity (Wildman–Crippen MR) is 126 cm³/mol. The number of amides is 3. The van der Waals surface area contributed by atoms with Crippen LogP contribution in [0, 0.1) is 0 Å². The van der Waals surface area contributed by atoms with Crippen LogP contribution in [-0.4, -0.2) is 104 Å². The van der Waals surface area contributed by atoms with Gasteiger partial charge in [0.15, 0.2) is 0 Å². The van der Waals surface area contributed by atoms with Crippen LogP contribution in [0.1, 0.15) is 32.1 Å². The Hall–Kier alpha value is -3.40. The lowest BCUT2D eigenvalue weighted by molar-refractivity contribution is -0.201. The normalized spacial score (nSPS) is 25.1. The van der Waals surface area contributed by atoms with Crippen LogP contribution in [0.2, 0.25) is 0 Å². The van der Waals surface area contributed by atoms with Gasteiger partial charge in [0.1, 0.15) is 17.1 Å². The van der Waals surface area contributed by atoms with Crippen molar-refractivity contribution in [3.63, 3.8) is 0 Å². The fourth-order valence-electron chi connectivity index (χ4n) is 4.96. The van der Waals surface area contributed by atoms with E-state index in [0.29, 0.717) is 32.5 Å². The maximum absolute atomic E-state index is 13.2. The Kier molecular flexibility index (Phi) is 8.07. The Labute approximate surface area is 223 Å². The fourth-order valence-corrected chi connectivity index (χ4v) is 6.21. The number of carboxylic acids is 1. The molecule has 0 unspecified atom stereocenters. The molecule has 4 aliphatic rings. The smallest absolute Gasteiger partial charge is 0.481 e. The minimum atomic E-state index is -5.43. The van der Waals surface area contributed by atoms with Crippen LogP contribution < -0.4 is 5.73 Å². The first-order valence-electron chi connectivity index (χ1n) is 12.1. The van der Waals surface area contributed by atoms with E-state index in [4.69, 9.17) is 10.8 Å². The lowest BCUT2D eigenvalue weighted by atomic mass is 10.0. The topological polar surface area (TPSA) is 168 Å². The first kappa shape index (κ1) is 28.6. The number of piperidine rings is 1. The Balaban J connectivity index is 1.48. The lowest BCUT2D eigenvalue weighted by Crippen LogP contribution is -2.68. The molecule has 0 aliphatic carbocycles. The Bertz CT molecular complexity index is 1180. The van der Waals surface area contributed by atoms with Gasteiger partial charge in [-0.15, -0.1) is 11.8 Å². The molecule has 4 aliphatic heterocycles. The van der Waals surface area contributed by atoms with Gasteiger partial charge in [-0.05, 0) is 30.9 Å². The van der Waals surface area contributed by atoms with Gasteiger partial charge >= 0.3 is 24.1 Å². The molecule has 3 saturated heterocycles. The summed E-state index contributed by atoms with van der Waals surface area (Å²) in [5.41, 5.74) is 5.53. The van der Waals surface area contributed by atoms with Gasteiger partial charge in [-0.3, -0.25) is 24.1 Å². The number of halogens is 3. The molecule has 212 valence electrons. The number of hydrogen-bond acceptors (Lipinski definition) is 9. The molecule has 0 radical (unpaired) electrons. The largest absolute Gasteiger partial charge is 0.491 e. The fraction of sp³-hybridized carbons (Fsp3) is 0.565. The minimum Gasteiger partial charge on any atom is -0.481 e. The highest BCUT2D eigenvalue weighted by molar-refractivity contribution is 8.00. The Morgan fingerprint density at radius 2 is 1.77 bits per heavy atom. The van der Waals surface area contributed by atoms with E-state index in [9.17, 15) is 41.9 Å². The van der Waals surface area contributed by atoms with E-state index in [2.05, 4.69) is 4.74 Å². The molecule has 12 nitrogen and oxygen atoms in total. The number of hydrogen-bond donors (Lipinski definition) is 2. The van der Waals surface area contributed by atoms with Gasteiger partial charge in [-0.1, -0.05) is 0 Å². The molecule has 0 aromatic heterocycles. The van der Waals surface area contributed by atoms with Gasteiger partial charge in [0.25, 0.3) is 0 Å². The number of fused-ring (bicyclic) bond motifs is 1. The number of nitrogens with two attached hydrogens (primary N) is 1. The van der Waals surface area contributed by atoms with Gasteiger partial charge < -0.3 is 25.4 Å². The van der Waals surface area contributed by atoms with Crippen LogP contribution in [0.4, 0.5) is 13.2 Å². The molecule has 0 aromatic rings. The number of aliphatic carboxylic acids is 1. The first-order valence-corrected chi connectivity index (χ1v) is 13.1. The summed E-state index contributed by atoms with van der Waals surface area (Å²) in [5, 5.41) is 8.04. The van der Waals surface area contributed by atoms with E-state index in [0.717, 1.165) is 16.7 Å². The third-order valence-corrected chi connectivity index (χ3v) is 8.29. The van der Waals surface area contributed by atoms with Gasteiger partial charge in [0, 0.05) is 43.4 Å². The van der Waals surface area contributed by atoms with E-state index in [1.807, 2.05) is 0 Å². The van der Waals surface area contributed by atoms with Crippen LogP contribution in [0.3, 0.4) is 0 Å². The third-order valence-electron chi connectivity index (χ3n) is 6.97. The van der Waals surface area contributed by atoms with Crippen molar-refractivity contribution < 1.29 is 51.8 Å². The van der Waals surface area contributed by atoms with Crippen molar-refractivity contribution in [3.8, 4) is 0 Å². The molecule has 0 aromatic carbocycles. The van der Waals surface area contributed by atoms with Crippen LogP contribution in [0.15, 0.2) is 22.9 Å². The molecular weight excluding hydrogens is 549 g/mol. The average Bonchev–Trinajstić information content (AvgIpc) is 3.25. The SMILES string of the molecule is N[C@@H]1C(=O)N2C(C(=O)OC(=O)C(F)(F)F)=C(/C=C3\CCN(C4CCN(C(=O)CCC(=O)O)CC4)C3=O)CS[C@H]12. The number of nitrogens with zero attached hydrogens (tertiary/aromatic N) is 3. The molecule has 3 N–H and O–H groups in total. The summed E-state index contributed by atoms with van der Waals surface area (Å²) in [7, 11) is 0. The quantitative estimate of drug-likeness (QED) is 0.193. The van der Waals surface area contributed by atoms with Gasteiger partial charge in [-0.2, -0.15) is 13.2 Å². The van der Waals surface area contributed by atoms with Crippen LogP contribution in [0.25, 0.3) is 0 Å². The second kappa shape index (κ2) is 11.0. The molecule has 2 atom stereocenters. The zero-order valence-corrected chi connectivity index (χ0v) is 21.3. The number of esters is 2. The number of thioether (sulfide) groups is 1. The number of likely N-dealkylation sites (tertiary alicyclic amines) is 2. The standard InChI is InChI=1S/C23H25F3N4O8S/c24-23(25,26)22(37)38-21(36)17-12(10-39-20-16(27)19(35)30(17)20)9-11-3-8-29(18(11)34)13-4-6-28(7-5-13)14(31)1-2-15(32)33/h9,13,16,20H,1-8,10,27H2,(H,32,33)/b11-9+/t16-,20-/m1/s1. The van der Waals surface area contributed by atoms with E-state index >= 15 is 0 Å². The zero-order valence-electron chi connectivity index (χ0n) is 20.4. The van der Waals surface area contributed by atoms with Gasteiger partial charge in [0.2, 0.25) is 17.7 Å². The molecule has 39 heavy (non-hydrogen) atoms. The maximum Gasteiger partial charge on any atom is 0.491 e. The second-order valence-electron chi connectivity index (χ2n) is 9.41. The van der Waals surface area contributed by atoms with E-state index in [-0.39, 0.29) is 54.0 Å². The molecule has 4 rings (SSSR count). The number of β-lactam (4-membered cyclic amide) rings is 1. The molecule has 0 saturated carbocycles. The average molecular weight is 575 g/mol. The highest BCUT2D eigenvalue weighted by Gasteiger charge is 2.53. The molecule has 3 amide bonds. The number of alkyl halides is 3. The maximum atomic E-state index is 13.2. The van der Waals surface area contributed by atoms with Crippen molar-refractivity contribution in [1.29, 1.82) is 0 Å². The molecule has 0 bridgehead atoms. The minimum absolute atomic E-state index is 0.0421. The number of rotatable bonds is 6. The molecule has 16 heteroatoms. The lowest BCUT2D eigenvalue weighted by Gasteiger charge is -2.48. The molecule has 4 heterocycles. The number of carbonyl (C=O) groups is 6. The molecule has 3 fully saturated rings. The Morgan fingerprint density at radius 3 is 2.38 bits per heavy atom. The van der Waals surface area contributed by atoms with Crippen LogP contribution in [0.5, 0.6) is 0 Å². The van der Waals surface area contributed by atoms with Crippen molar-refractivity contribution in [2.24, 2.45) is 5.73 Å². The summed E-state index contributed by atoms with van der Waals surface area (Å²) >= 11 is 1.16. The van der Waals surface area contributed by atoms with Crippen molar-refractivity contribution in [2.45, 2.75) is 55.7 Å². The van der Waals surface area contributed by atoms with E-state index in [1.165, 1.54) is 6.08 Å². The Morgan fingerprint density at radius 1 is 1.10 bits per heavy atom. The summed E-state index contributed by atoms with van der Waals surface area (Å²) in [6, 6.07) is -1.16. The number of carboxylic acid groups (broad SMARTS) is 1. The van der Waals surface area contributed by atoms with Crippen molar-refractivity contribution in [1.82, 2.24) is 14.7 Å². The van der Waals surface area contributed by atoms with Gasteiger partial charge in [0.05, 0.1) is 6.42 Å². The van der Waals surface area contributed by atoms with Crippen molar-refractivity contribution >= 4 is 47.4 Å². The van der Waals surface area contributed by atoms with Crippen molar-refractivity contribution in [3.05, 3.63) is 22.9 Å². The highest BCUT2D eigenvalue weighted by Crippen LogP contribution is 2.41. The van der Waals surface area contributed by atoms with E-state index in [1.54, 1.807) is 9.80 Å². The summed E-state index contributed by atoms with van der Waals surface area (Å²) in [5.74, 6) is -6.75. The number of ether oxygens (including phenoxy) is 1. The number of carbonyl (C=O) groups excluding carboxylic acids is 5. The number of allylic oxidation sites excluding steroid dienone is 1. The summed E-state index contributed by atoms with van der Waals surface area (Å²) < 4.78 is 42.0. The zero-order chi connectivity index (χ0) is 28.6. The van der Waals surface area contributed by atoms with Crippen molar-refractivity contribution in [2.75, 3.05) is 25.4 Å². The first-order chi connectivity index (χ1) is 18.3. The van der Waals surface area contributed by atoms with Crippen LogP contribution in [-0.2, 0) is 33.5 Å². The second-order valence-corrected chi connectivity index (χ2v) is 10.5. The molecule has 0 spiro atoms. The highest BCUT2D eigenvalue weighted by atomic mass is 32.2. The summed E-state index contributed by atoms with van der Waals surface area (Å²) in [6.45, 7) is 1.05. The van der Waals surface area contributed by atoms with E-state index < -0.39 is 47.1 Å². The van der Waals surface area contributed by atoms with Gasteiger partial charge in [-0.25, -0.2) is 9.59 Å². The summed E-state index contributed by atoms with van der Waals surface area (Å²) in [4.78, 5) is 76.4. The molecular formula is C23H25F3N4O8S. The summed E-state index contributed by atoms with van der Waals surface area (Å²) in [6.07, 6.45) is -3.21. The third kappa shape index (κ3) is 5.80.